The third-order valence-electron chi connectivity index (χ3n) is 3.36. The standard InChI is InChI=1S/C16H20N2O4S/c1-21-16(22-2)8-17-14(19)9-18-13(10-23-11-15(18)20)12-6-4-3-5-7-12/h3-7,10,16H,8-9,11H2,1-2H3,(H,17,19). The van der Waals surface area contributed by atoms with Crippen LogP contribution in [-0.2, 0) is 19.1 Å². The zero-order chi connectivity index (χ0) is 16.7. The molecule has 124 valence electrons. The number of benzene rings is 1. The molecule has 0 aromatic heterocycles. The van der Waals surface area contributed by atoms with Crippen molar-refractivity contribution in [2.24, 2.45) is 0 Å². The normalized spacial score (nSPS) is 14.8. The molecule has 1 aliphatic heterocycles. The summed E-state index contributed by atoms with van der Waals surface area (Å²) in [6.45, 7) is 0.202. The Kier molecular flexibility index (Phi) is 6.64. The maximum atomic E-state index is 12.2. The van der Waals surface area contributed by atoms with Crippen LogP contribution in [0.4, 0.5) is 0 Å². The first-order chi connectivity index (χ1) is 11.2. The number of ether oxygens (including phenoxy) is 2. The summed E-state index contributed by atoms with van der Waals surface area (Å²) in [6, 6.07) is 9.55. The molecule has 1 N–H and O–H groups in total. The van der Waals surface area contributed by atoms with E-state index in [2.05, 4.69) is 5.32 Å². The first kappa shape index (κ1) is 17.5. The highest BCUT2D eigenvalue weighted by atomic mass is 32.2. The quantitative estimate of drug-likeness (QED) is 0.760. The van der Waals surface area contributed by atoms with Gasteiger partial charge in [-0.2, -0.15) is 0 Å². The van der Waals surface area contributed by atoms with Crippen LogP contribution in [0.3, 0.4) is 0 Å². The molecular formula is C16H20N2O4S. The number of amides is 2. The molecule has 0 saturated heterocycles. The minimum atomic E-state index is -0.504. The van der Waals surface area contributed by atoms with Gasteiger partial charge in [0.05, 0.1) is 18.0 Å². The van der Waals surface area contributed by atoms with Crippen LogP contribution in [0, 0.1) is 0 Å². The molecule has 0 saturated carbocycles. The van der Waals surface area contributed by atoms with Crippen molar-refractivity contribution in [1.82, 2.24) is 10.2 Å². The molecule has 1 heterocycles. The second-order valence-electron chi connectivity index (χ2n) is 4.87. The Labute approximate surface area is 139 Å². The van der Waals surface area contributed by atoms with Gasteiger partial charge in [0.15, 0.2) is 6.29 Å². The first-order valence-corrected chi connectivity index (χ1v) is 8.20. The summed E-state index contributed by atoms with van der Waals surface area (Å²) in [5.41, 5.74) is 1.66. The lowest BCUT2D eigenvalue weighted by atomic mass is 10.1. The summed E-state index contributed by atoms with van der Waals surface area (Å²) in [5, 5.41) is 4.62. The fourth-order valence-electron chi connectivity index (χ4n) is 2.13. The molecule has 0 bridgehead atoms. The van der Waals surface area contributed by atoms with Crippen LogP contribution in [-0.4, -0.2) is 56.1 Å². The van der Waals surface area contributed by atoms with Gasteiger partial charge in [0, 0.05) is 14.2 Å². The van der Waals surface area contributed by atoms with Crippen LogP contribution in [0.15, 0.2) is 35.7 Å². The molecule has 0 spiro atoms. The largest absolute Gasteiger partial charge is 0.354 e. The molecule has 2 amide bonds. The van der Waals surface area contributed by atoms with Gasteiger partial charge in [-0.3, -0.25) is 9.59 Å². The average Bonchev–Trinajstić information content (AvgIpc) is 2.58. The first-order valence-electron chi connectivity index (χ1n) is 7.15. The minimum Gasteiger partial charge on any atom is -0.354 e. The highest BCUT2D eigenvalue weighted by Gasteiger charge is 2.25. The maximum Gasteiger partial charge on any atom is 0.240 e. The molecule has 1 aliphatic rings. The van der Waals surface area contributed by atoms with Crippen molar-refractivity contribution < 1.29 is 19.1 Å². The number of carbonyl (C=O) groups is 2. The van der Waals surface area contributed by atoms with Gasteiger partial charge in [-0.25, -0.2) is 0 Å². The number of rotatable bonds is 7. The second kappa shape index (κ2) is 8.71. The highest BCUT2D eigenvalue weighted by molar-refractivity contribution is 8.03. The lowest BCUT2D eigenvalue weighted by Crippen LogP contribution is -2.43. The molecule has 6 nitrogen and oxygen atoms in total. The van der Waals surface area contributed by atoms with E-state index in [9.17, 15) is 9.59 Å². The molecule has 0 aliphatic carbocycles. The van der Waals surface area contributed by atoms with Gasteiger partial charge in [0.25, 0.3) is 0 Å². The molecule has 7 heteroatoms. The molecule has 0 fully saturated rings. The lowest BCUT2D eigenvalue weighted by Gasteiger charge is -2.28. The topological polar surface area (TPSA) is 67.9 Å². The molecule has 0 radical (unpaired) electrons. The van der Waals surface area contributed by atoms with Gasteiger partial charge >= 0.3 is 0 Å². The summed E-state index contributed by atoms with van der Waals surface area (Å²) in [5.74, 6) is -0.00438. The monoisotopic (exact) mass is 336 g/mol. The number of thioether (sulfide) groups is 1. The van der Waals surface area contributed by atoms with Gasteiger partial charge in [-0.05, 0) is 11.0 Å². The predicted molar refractivity (Wildman–Crippen MR) is 89.4 cm³/mol. The maximum absolute atomic E-state index is 12.2. The third-order valence-corrected chi connectivity index (χ3v) is 4.16. The Hall–Kier alpha value is -1.83. The van der Waals surface area contributed by atoms with Crippen molar-refractivity contribution in [3.8, 4) is 0 Å². The molecule has 1 aromatic rings. The van der Waals surface area contributed by atoms with Crippen LogP contribution in [0.1, 0.15) is 5.56 Å². The number of hydrogen-bond donors (Lipinski definition) is 1. The van der Waals surface area contributed by atoms with E-state index < -0.39 is 6.29 Å². The summed E-state index contributed by atoms with van der Waals surface area (Å²) in [7, 11) is 3.00. The summed E-state index contributed by atoms with van der Waals surface area (Å²) in [6.07, 6.45) is -0.504. The Morgan fingerprint density at radius 1 is 1.30 bits per heavy atom. The average molecular weight is 336 g/mol. The predicted octanol–water partition coefficient (Wildman–Crippen LogP) is 1.30. The molecule has 0 unspecified atom stereocenters. The number of nitrogens with one attached hydrogen (secondary N) is 1. The van der Waals surface area contributed by atoms with E-state index in [0.717, 1.165) is 11.3 Å². The Balaban J connectivity index is 2.03. The Bertz CT molecular complexity index is 573. The van der Waals surface area contributed by atoms with E-state index in [1.54, 1.807) is 0 Å². The zero-order valence-corrected chi connectivity index (χ0v) is 14.0. The second-order valence-corrected chi connectivity index (χ2v) is 5.72. The highest BCUT2D eigenvalue weighted by Crippen LogP contribution is 2.27. The summed E-state index contributed by atoms with van der Waals surface area (Å²) < 4.78 is 10.0. The lowest BCUT2D eigenvalue weighted by molar-refractivity contribution is -0.133. The van der Waals surface area contributed by atoms with Gasteiger partial charge in [0.1, 0.15) is 6.54 Å². The van der Waals surface area contributed by atoms with Crippen LogP contribution in [0.5, 0.6) is 0 Å². The van der Waals surface area contributed by atoms with Gasteiger partial charge in [-0.15, -0.1) is 11.8 Å². The van der Waals surface area contributed by atoms with E-state index >= 15 is 0 Å². The Morgan fingerprint density at radius 2 is 2.00 bits per heavy atom. The SMILES string of the molecule is COC(CNC(=O)CN1C(=O)CSC=C1c1ccccc1)OC. The minimum absolute atomic E-state index is 0.0275. The van der Waals surface area contributed by atoms with Gasteiger partial charge < -0.3 is 19.7 Å². The molecule has 1 aromatic carbocycles. The van der Waals surface area contributed by atoms with Crippen molar-refractivity contribution >= 4 is 29.3 Å². The summed E-state index contributed by atoms with van der Waals surface area (Å²) >= 11 is 1.44. The van der Waals surface area contributed by atoms with Crippen molar-refractivity contribution in [2.75, 3.05) is 33.1 Å². The zero-order valence-electron chi connectivity index (χ0n) is 13.2. The molecular weight excluding hydrogens is 316 g/mol. The van der Waals surface area contributed by atoms with Crippen molar-refractivity contribution in [2.45, 2.75) is 6.29 Å². The van der Waals surface area contributed by atoms with Crippen LogP contribution < -0.4 is 5.32 Å². The molecule has 23 heavy (non-hydrogen) atoms. The van der Waals surface area contributed by atoms with Crippen LogP contribution >= 0.6 is 11.8 Å². The number of carbonyl (C=O) groups excluding carboxylic acids is 2. The van der Waals surface area contributed by atoms with E-state index in [-0.39, 0.29) is 24.9 Å². The third kappa shape index (κ3) is 4.82. The fraction of sp³-hybridized carbons (Fsp3) is 0.375. The van der Waals surface area contributed by atoms with Crippen molar-refractivity contribution in [3.05, 3.63) is 41.3 Å². The van der Waals surface area contributed by atoms with E-state index in [4.69, 9.17) is 9.47 Å². The van der Waals surface area contributed by atoms with E-state index in [1.165, 1.54) is 30.9 Å². The van der Waals surface area contributed by atoms with Crippen molar-refractivity contribution in [1.29, 1.82) is 0 Å². The van der Waals surface area contributed by atoms with Crippen LogP contribution in [0.25, 0.3) is 5.70 Å². The van der Waals surface area contributed by atoms with Crippen molar-refractivity contribution in [3.63, 3.8) is 0 Å². The molecule has 2 rings (SSSR count). The van der Waals surface area contributed by atoms with Gasteiger partial charge in [0.2, 0.25) is 11.8 Å². The Morgan fingerprint density at radius 3 is 2.65 bits per heavy atom. The number of hydrogen-bond acceptors (Lipinski definition) is 5. The number of nitrogens with zero attached hydrogens (tertiary/aromatic N) is 1. The van der Waals surface area contributed by atoms with Gasteiger partial charge in [-0.1, -0.05) is 30.3 Å². The number of methoxy groups -OCH3 is 2. The molecule has 0 atom stereocenters. The fourth-order valence-corrected chi connectivity index (χ4v) is 2.94. The van der Waals surface area contributed by atoms with E-state index in [1.807, 2.05) is 35.7 Å². The smallest absolute Gasteiger partial charge is 0.240 e. The van der Waals surface area contributed by atoms with E-state index in [0.29, 0.717) is 5.75 Å². The summed E-state index contributed by atoms with van der Waals surface area (Å²) in [4.78, 5) is 25.8. The van der Waals surface area contributed by atoms with Crippen LogP contribution in [0.2, 0.25) is 0 Å².